The SMILES string of the molecule is Cc1nn(Cc2ccccc2)c2ncc(NC(=O)NC3CC=CC3)cc12. The highest BCUT2D eigenvalue weighted by molar-refractivity contribution is 5.92. The number of benzene rings is 1. The van der Waals surface area contributed by atoms with Gasteiger partial charge in [-0.15, -0.1) is 0 Å². The Bertz CT molecular complexity index is 953. The summed E-state index contributed by atoms with van der Waals surface area (Å²) < 4.78 is 1.90. The molecule has 6 nitrogen and oxygen atoms in total. The number of rotatable bonds is 4. The predicted molar refractivity (Wildman–Crippen MR) is 102 cm³/mol. The number of amides is 2. The Labute approximate surface area is 151 Å². The highest BCUT2D eigenvalue weighted by Gasteiger charge is 2.14. The lowest BCUT2D eigenvalue weighted by molar-refractivity contribution is 0.249. The maximum absolute atomic E-state index is 12.1. The molecule has 0 saturated heterocycles. The van der Waals surface area contributed by atoms with Crippen molar-refractivity contribution in [3.8, 4) is 0 Å². The molecule has 6 heteroatoms. The second-order valence-electron chi connectivity index (χ2n) is 6.56. The fourth-order valence-corrected chi connectivity index (χ4v) is 3.23. The van der Waals surface area contributed by atoms with Crippen LogP contribution in [-0.2, 0) is 6.54 Å². The zero-order chi connectivity index (χ0) is 17.9. The Kier molecular flexibility index (Phi) is 4.39. The number of anilines is 1. The number of fused-ring (bicyclic) bond motifs is 1. The topological polar surface area (TPSA) is 71.8 Å². The maximum atomic E-state index is 12.1. The number of pyridine rings is 1. The van der Waals surface area contributed by atoms with Crippen LogP contribution in [0.4, 0.5) is 10.5 Å². The minimum atomic E-state index is -0.200. The lowest BCUT2D eigenvalue weighted by Crippen LogP contribution is -2.36. The number of aryl methyl sites for hydroxylation is 1. The number of urea groups is 1. The molecule has 1 aliphatic carbocycles. The second kappa shape index (κ2) is 7.00. The van der Waals surface area contributed by atoms with Crippen LogP contribution in [0.3, 0.4) is 0 Å². The highest BCUT2D eigenvalue weighted by atomic mass is 16.2. The molecule has 0 atom stereocenters. The van der Waals surface area contributed by atoms with E-state index in [9.17, 15) is 4.79 Å². The molecule has 0 fully saturated rings. The van der Waals surface area contributed by atoms with Crippen molar-refractivity contribution in [3.05, 3.63) is 66.0 Å². The molecule has 4 rings (SSSR count). The zero-order valence-electron chi connectivity index (χ0n) is 14.6. The van der Waals surface area contributed by atoms with Crippen molar-refractivity contribution in [2.24, 2.45) is 0 Å². The van der Waals surface area contributed by atoms with E-state index in [-0.39, 0.29) is 12.1 Å². The van der Waals surface area contributed by atoms with Crippen LogP contribution in [0.5, 0.6) is 0 Å². The summed E-state index contributed by atoms with van der Waals surface area (Å²) in [6.07, 6.45) is 7.62. The summed E-state index contributed by atoms with van der Waals surface area (Å²) in [6.45, 7) is 2.62. The van der Waals surface area contributed by atoms with Gasteiger partial charge in [0, 0.05) is 11.4 Å². The standard InChI is InChI=1S/C20H21N5O/c1-14-18-11-17(23-20(26)22-16-9-5-6-10-16)12-21-19(18)25(24-14)13-15-7-3-2-4-8-15/h2-8,11-12,16H,9-10,13H2,1H3,(H2,22,23,26). The van der Waals surface area contributed by atoms with E-state index in [0.717, 1.165) is 29.6 Å². The molecule has 132 valence electrons. The van der Waals surface area contributed by atoms with Crippen LogP contribution in [-0.4, -0.2) is 26.8 Å². The van der Waals surface area contributed by atoms with E-state index in [4.69, 9.17) is 0 Å². The summed E-state index contributed by atoms with van der Waals surface area (Å²) in [6, 6.07) is 12.1. The summed E-state index contributed by atoms with van der Waals surface area (Å²) in [7, 11) is 0. The van der Waals surface area contributed by atoms with E-state index in [1.165, 1.54) is 5.56 Å². The first-order valence-corrected chi connectivity index (χ1v) is 8.78. The summed E-state index contributed by atoms with van der Waals surface area (Å²) >= 11 is 0. The van der Waals surface area contributed by atoms with Gasteiger partial charge in [-0.1, -0.05) is 42.5 Å². The molecule has 0 radical (unpaired) electrons. The average Bonchev–Trinajstić information content (AvgIpc) is 3.24. The number of hydrogen-bond donors (Lipinski definition) is 2. The molecule has 0 saturated carbocycles. The van der Waals surface area contributed by atoms with E-state index >= 15 is 0 Å². The molecule has 26 heavy (non-hydrogen) atoms. The highest BCUT2D eigenvalue weighted by Crippen LogP contribution is 2.21. The van der Waals surface area contributed by atoms with Crippen molar-refractivity contribution in [2.75, 3.05) is 5.32 Å². The van der Waals surface area contributed by atoms with Crippen molar-refractivity contribution in [1.82, 2.24) is 20.1 Å². The first-order valence-electron chi connectivity index (χ1n) is 8.78. The van der Waals surface area contributed by atoms with Gasteiger partial charge in [0.25, 0.3) is 0 Å². The molecule has 1 aromatic carbocycles. The summed E-state index contributed by atoms with van der Waals surface area (Å²) in [5.74, 6) is 0. The minimum absolute atomic E-state index is 0.182. The number of carbonyl (C=O) groups excluding carboxylic acids is 1. The van der Waals surface area contributed by atoms with Crippen molar-refractivity contribution in [1.29, 1.82) is 0 Å². The van der Waals surface area contributed by atoms with Crippen molar-refractivity contribution < 1.29 is 4.79 Å². The second-order valence-corrected chi connectivity index (χ2v) is 6.56. The molecular formula is C20H21N5O. The first kappa shape index (κ1) is 16.3. The van der Waals surface area contributed by atoms with E-state index < -0.39 is 0 Å². The average molecular weight is 347 g/mol. The van der Waals surface area contributed by atoms with Crippen molar-refractivity contribution >= 4 is 22.8 Å². The zero-order valence-corrected chi connectivity index (χ0v) is 14.6. The van der Waals surface area contributed by atoms with Gasteiger partial charge in [0.2, 0.25) is 0 Å². The van der Waals surface area contributed by atoms with Gasteiger partial charge in [-0.05, 0) is 31.4 Å². The van der Waals surface area contributed by atoms with Gasteiger partial charge in [0.15, 0.2) is 5.65 Å². The van der Waals surface area contributed by atoms with E-state index in [1.807, 2.05) is 35.9 Å². The molecule has 0 aliphatic heterocycles. The number of nitrogens with zero attached hydrogens (tertiary/aromatic N) is 3. The normalized spacial score (nSPS) is 14.0. The van der Waals surface area contributed by atoms with Gasteiger partial charge < -0.3 is 10.6 Å². The van der Waals surface area contributed by atoms with Crippen LogP contribution in [0.15, 0.2) is 54.7 Å². The fourth-order valence-electron chi connectivity index (χ4n) is 3.23. The van der Waals surface area contributed by atoms with Crippen molar-refractivity contribution in [3.63, 3.8) is 0 Å². The maximum Gasteiger partial charge on any atom is 0.319 e. The summed E-state index contributed by atoms with van der Waals surface area (Å²) in [4.78, 5) is 16.7. The van der Waals surface area contributed by atoms with E-state index in [0.29, 0.717) is 12.2 Å². The lowest BCUT2D eigenvalue weighted by Gasteiger charge is -2.13. The van der Waals surface area contributed by atoms with Crippen LogP contribution in [0.25, 0.3) is 11.0 Å². The number of nitrogens with one attached hydrogen (secondary N) is 2. The van der Waals surface area contributed by atoms with Crippen LogP contribution in [0, 0.1) is 6.92 Å². The van der Waals surface area contributed by atoms with E-state index in [2.05, 4.69) is 45.0 Å². The van der Waals surface area contributed by atoms with Crippen LogP contribution in [0.1, 0.15) is 24.1 Å². The Morgan fingerprint density at radius 3 is 2.77 bits per heavy atom. The first-order chi connectivity index (χ1) is 12.7. The van der Waals surface area contributed by atoms with Crippen LogP contribution >= 0.6 is 0 Å². The predicted octanol–water partition coefficient (Wildman–Crippen LogP) is 3.63. The minimum Gasteiger partial charge on any atom is -0.335 e. The molecule has 2 N–H and O–H groups in total. The molecule has 0 unspecified atom stereocenters. The van der Waals surface area contributed by atoms with Gasteiger partial charge in [-0.2, -0.15) is 5.10 Å². The van der Waals surface area contributed by atoms with Gasteiger partial charge in [-0.3, -0.25) is 0 Å². The molecule has 0 spiro atoms. The van der Waals surface area contributed by atoms with Crippen LogP contribution in [0.2, 0.25) is 0 Å². The lowest BCUT2D eigenvalue weighted by atomic mass is 10.2. The Hall–Kier alpha value is -3.15. The number of aromatic nitrogens is 3. The largest absolute Gasteiger partial charge is 0.335 e. The third-order valence-electron chi connectivity index (χ3n) is 4.55. The van der Waals surface area contributed by atoms with Gasteiger partial charge in [0.05, 0.1) is 24.1 Å². The monoisotopic (exact) mass is 347 g/mol. The summed E-state index contributed by atoms with van der Waals surface area (Å²) in [5, 5.41) is 11.4. The molecule has 0 bridgehead atoms. The Balaban J connectivity index is 1.52. The van der Waals surface area contributed by atoms with Gasteiger partial charge in [-0.25, -0.2) is 14.5 Å². The number of carbonyl (C=O) groups is 1. The smallest absolute Gasteiger partial charge is 0.319 e. The number of hydrogen-bond acceptors (Lipinski definition) is 3. The van der Waals surface area contributed by atoms with Gasteiger partial charge >= 0.3 is 6.03 Å². The Morgan fingerprint density at radius 2 is 2.00 bits per heavy atom. The van der Waals surface area contributed by atoms with Gasteiger partial charge in [0.1, 0.15) is 0 Å². The molecule has 2 heterocycles. The van der Waals surface area contributed by atoms with E-state index in [1.54, 1.807) is 6.20 Å². The third-order valence-corrected chi connectivity index (χ3v) is 4.55. The molecule has 2 amide bonds. The quantitative estimate of drug-likeness (QED) is 0.708. The fraction of sp³-hybridized carbons (Fsp3) is 0.250. The summed E-state index contributed by atoms with van der Waals surface area (Å²) in [5.41, 5.74) is 3.55. The molecule has 2 aromatic heterocycles. The Morgan fingerprint density at radius 1 is 1.23 bits per heavy atom. The van der Waals surface area contributed by atoms with Crippen molar-refractivity contribution in [2.45, 2.75) is 32.4 Å². The molecular weight excluding hydrogens is 326 g/mol. The third kappa shape index (κ3) is 3.44. The molecule has 3 aromatic rings. The molecule has 1 aliphatic rings. The van der Waals surface area contributed by atoms with Crippen LogP contribution < -0.4 is 10.6 Å².